The predicted molar refractivity (Wildman–Crippen MR) is 72.1 cm³/mol. The van der Waals surface area contributed by atoms with E-state index in [0.29, 0.717) is 0 Å². The van der Waals surface area contributed by atoms with Crippen LogP contribution in [-0.2, 0) is 0 Å². The van der Waals surface area contributed by atoms with Gasteiger partial charge < -0.3 is 10.1 Å². The summed E-state index contributed by atoms with van der Waals surface area (Å²) in [5.74, 6) is 7.06. The number of ether oxygens (including phenoxy) is 1. The minimum Gasteiger partial charge on any atom is -0.457 e. The van der Waals surface area contributed by atoms with Gasteiger partial charge in [-0.2, -0.15) is 0 Å². The Hall–Kier alpha value is -1.88. The number of nitrogens with one attached hydrogen (secondary N) is 2. The zero-order valence-electron chi connectivity index (χ0n) is 10.3. The van der Waals surface area contributed by atoms with E-state index in [1.165, 1.54) is 0 Å². The fourth-order valence-electron chi connectivity index (χ4n) is 1.70. The third kappa shape index (κ3) is 3.07. The second-order valence-electron chi connectivity index (χ2n) is 3.87. The van der Waals surface area contributed by atoms with Gasteiger partial charge in [-0.15, -0.1) is 0 Å². The normalized spacial score (nSPS) is 12.1. The standard InChI is InChI=1S/C14H17N3O/c1-16-14(17-15)11-7-9-13(10-8-11)18-12-5-3-2-4-6-12/h2-10,14,16-17H,15H2,1H3. The van der Waals surface area contributed by atoms with Gasteiger partial charge in [-0.1, -0.05) is 30.3 Å². The lowest BCUT2D eigenvalue weighted by molar-refractivity contribution is 0.475. The van der Waals surface area contributed by atoms with Crippen molar-refractivity contribution in [3.8, 4) is 11.5 Å². The van der Waals surface area contributed by atoms with Crippen molar-refractivity contribution in [1.82, 2.24) is 10.7 Å². The minimum atomic E-state index is -0.0595. The summed E-state index contributed by atoms with van der Waals surface area (Å²) in [7, 11) is 1.85. The summed E-state index contributed by atoms with van der Waals surface area (Å²) < 4.78 is 5.71. The van der Waals surface area contributed by atoms with Crippen molar-refractivity contribution in [2.75, 3.05) is 7.05 Å². The van der Waals surface area contributed by atoms with Crippen LogP contribution in [0.3, 0.4) is 0 Å². The molecule has 0 amide bonds. The van der Waals surface area contributed by atoms with Gasteiger partial charge in [-0.25, -0.2) is 5.43 Å². The predicted octanol–water partition coefficient (Wildman–Crippen LogP) is 2.16. The first-order valence-corrected chi connectivity index (χ1v) is 5.79. The highest BCUT2D eigenvalue weighted by Gasteiger charge is 2.06. The molecule has 4 N–H and O–H groups in total. The van der Waals surface area contributed by atoms with Crippen molar-refractivity contribution in [2.24, 2.45) is 5.84 Å². The molecule has 0 aliphatic heterocycles. The zero-order chi connectivity index (χ0) is 12.8. The zero-order valence-corrected chi connectivity index (χ0v) is 10.3. The summed E-state index contributed by atoms with van der Waals surface area (Å²) in [6, 6.07) is 17.5. The molecule has 0 aliphatic rings. The van der Waals surface area contributed by atoms with Crippen LogP contribution in [0.1, 0.15) is 11.7 Å². The van der Waals surface area contributed by atoms with E-state index >= 15 is 0 Å². The number of hydrogen-bond acceptors (Lipinski definition) is 4. The van der Waals surface area contributed by atoms with Crippen LogP contribution in [0.5, 0.6) is 11.5 Å². The van der Waals surface area contributed by atoms with E-state index in [9.17, 15) is 0 Å². The maximum Gasteiger partial charge on any atom is 0.127 e. The highest BCUT2D eigenvalue weighted by molar-refractivity contribution is 5.33. The van der Waals surface area contributed by atoms with Crippen LogP contribution in [0.2, 0.25) is 0 Å². The smallest absolute Gasteiger partial charge is 0.127 e. The molecule has 0 saturated heterocycles. The summed E-state index contributed by atoms with van der Waals surface area (Å²) in [6.07, 6.45) is -0.0595. The first kappa shape index (κ1) is 12.6. The monoisotopic (exact) mass is 243 g/mol. The number of rotatable bonds is 5. The average molecular weight is 243 g/mol. The maximum atomic E-state index is 5.71. The fraction of sp³-hybridized carbons (Fsp3) is 0.143. The molecule has 94 valence electrons. The van der Waals surface area contributed by atoms with Gasteiger partial charge in [0.1, 0.15) is 11.5 Å². The Morgan fingerprint density at radius 2 is 1.56 bits per heavy atom. The van der Waals surface area contributed by atoms with Crippen LogP contribution in [0, 0.1) is 0 Å². The van der Waals surface area contributed by atoms with Crippen LogP contribution >= 0.6 is 0 Å². The summed E-state index contributed by atoms with van der Waals surface area (Å²) in [5.41, 5.74) is 3.74. The lowest BCUT2D eigenvalue weighted by Crippen LogP contribution is -2.36. The van der Waals surface area contributed by atoms with Gasteiger partial charge in [0.25, 0.3) is 0 Å². The van der Waals surface area contributed by atoms with E-state index in [4.69, 9.17) is 10.6 Å². The third-order valence-corrected chi connectivity index (χ3v) is 2.65. The van der Waals surface area contributed by atoms with Gasteiger partial charge >= 0.3 is 0 Å². The van der Waals surface area contributed by atoms with Crippen molar-refractivity contribution < 1.29 is 4.74 Å². The Balaban J connectivity index is 2.08. The molecule has 2 aromatic carbocycles. The highest BCUT2D eigenvalue weighted by Crippen LogP contribution is 2.22. The molecule has 1 atom stereocenters. The van der Waals surface area contributed by atoms with Gasteiger partial charge in [0, 0.05) is 0 Å². The molecular formula is C14H17N3O. The molecule has 4 heteroatoms. The van der Waals surface area contributed by atoms with E-state index in [-0.39, 0.29) is 6.17 Å². The van der Waals surface area contributed by atoms with Crippen LogP contribution in [-0.4, -0.2) is 7.05 Å². The molecule has 2 rings (SSSR count). The molecule has 0 fully saturated rings. The first-order chi connectivity index (χ1) is 8.83. The van der Waals surface area contributed by atoms with Gasteiger partial charge in [-0.05, 0) is 36.9 Å². The molecule has 1 unspecified atom stereocenters. The van der Waals surface area contributed by atoms with E-state index in [1.54, 1.807) is 0 Å². The summed E-state index contributed by atoms with van der Waals surface area (Å²) >= 11 is 0. The Labute approximate surface area is 107 Å². The Kier molecular flexibility index (Phi) is 4.30. The quantitative estimate of drug-likeness (QED) is 0.428. The Bertz CT molecular complexity index is 466. The topological polar surface area (TPSA) is 59.3 Å². The second kappa shape index (κ2) is 6.16. The molecule has 0 aromatic heterocycles. The van der Waals surface area contributed by atoms with Crippen molar-refractivity contribution in [3.05, 3.63) is 60.2 Å². The summed E-state index contributed by atoms with van der Waals surface area (Å²) in [4.78, 5) is 0. The third-order valence-electron chi connectivity index (χ3n) is 2.65. The van der Waals surface area contributed by atoms with Crippen molar-refractivity contribution in [1.29, 1.82) is 0 Å². The molecule has 4 nitrogen and oxygen atoms in total. The lowest BCUT2D eigenvalue weighted by atomic mass is 10.1. The number of benzene rings is 2. The van der Waals surface area contributed by atoms with Crippen molar-refractivity contribution in [3.63, 3.8) is 0 Å². The van der Waals surface area contributed by atoms with Crippen molar-refractivity contribution >= 4 is 0 Å². The molecule has 2 aromatic rings. The number of hydrogen-bond donors (Lipinski definition) is 3. The van der Waals surface area contributed by atoms with Crippen molar-refractivity contribution in [2.45, 2.75) is 6.17 Å². The SMILES string of the molecule is CNC(NN)c1ccc(Oc2ccccc2)cc1. The molecule has 0 spiro atoms. The number of nitrogens with two attached hydrogens (primary N) is 1. The maximum absolute atomic E-state index is 5.71. The minimum absolute atomic E-state index is 0.0595. The van der Waals surface area contributed by atoms with Crippen LogP contribution in [0.15, 0.2) is 54.6 Å². The second-order valence-corrected chi connectivity index (χ2v) is 3.87. The molecular weight excluding hydrogens is 226 g/mol. The van der Waals surface area contributed by atoms with E-state index in [2.05, 4.69) is 10.7 Å². The lowest BCUT2D eigenvalue weighted by Gasteiger charge is -2.15. The summed E-state index contributed by atoms with van der Waals surface area (Å²) in [5, 5.41) is 3.06. The van der Waals surface area contributed by atoms with E-state index < -0.39 is 0 Å². The number of para-hydroxylation sites is 1. The first-order valence-electron chi connectivity index (χ1n) is 5.79. The molecule has 0 aliphatic carbocycles. The highest BCUT2D eigenvalue weighted by atomic mass is 16.5. The number of hydrazine groups is 1. The van der Waals surface area contributed by atoms with E-state index in [1.807, 2.05) is 61.6 Å². The molecule has 0 radical (unpaired) electrons. The Morgan fingerprint density at radius 1 is 0.944 bits per heavy atom. The molecule has 0 bridgehead atoms. The van der Waals surface area contributed by atoms with Crippen LogP contribution in [0.25, 0.3) is 0 Å². The van der Waals surface area contributed by atoms with Gasteiger partial charge in [0.15, 0.2) is 0 Å². The van der Waals surface area contributed by atoms with Crippen LogP contribution < -0.4 is 21.3 Å². The van der Waals surface area contributed by atoms with Gasteiger partial charge in [0.2, 0.25) is 0 Å². The Morgan fingerprint density at radius 3 is 2.11 bits per heavy atom. The average Bonchev–Trinajstić information content (AvgIpc) is 2.43. The summed E-state index contributed by atoms with van der Waals surface area (Å²) in [6.45, 7) is 0. The van der Waals surface area contributed by atoms with E-state index in [0.717, 1.165) is 17.1 Å². The van der Waals surface area contributed by atoms with Gasteiger partial charge in [0.05, 0.1) is 6.17 Å². The van der Waals surface area contributed by atoms with Crippen LogP contribution in [0.4, 0.5) is 0 Å². The molecule has 0 heterocycles. The van der Waals surface area contributed by atoms with Gasteiger partial charge in [-0.3, -0.25) is 5.84 Å². The molecule has 18 heavy (non-hydrogen) atoms. The fourth-order valence-corrected chi connectivity index (χ4v) is 1.70. The largest absolute Gasteiger partial charge is 0.457 e. The molecule has 0 saturated carbocycles.